The van der Waals surface area contributed by atoms with Crippen molar-refractivity contribution in [2.24, 2.45) is 0 Å². The molecule has 0 aliphatic rings. The number of thiophene rings is 1. The van der Waals surface area contributed by atoms with Gasteiger partial charge in [-0.2, -0.15) is 11.3 Å². The van der Waals surface area contributed by atoms with E-state index in [1.807, 2.05) is 12.1 Å². The van der Waals surface area contributed by atoms with Crippen molar-refractivity contribution in [3.05, 3.63) is 50.1 Å². The first-order valence-electron chi connectivity index (χ1n) is 6.74. The fourth-order valence-corrected chi connectivity index (χ4v) is 3.71. The Balaban J connectivity index is 2.29. The van der Waals surface area contributed by atoms with Crippen molar-refractivity contribution in [1.29, 1.82) is 0 Å². The highest BCUT2D eigenvalue weighted by molar-refractivity contribution is 9.10. The van der Waals surface area contributed by atoms with E-state index in [2.05, 4.69) is 51.9 Å². The molecule has 0 bridgehead atoms. The molecule has 4 heteroatoms. The van der Waals surface area contributed by atoms with Gasteiger partial charge in [0, 0.05) is 10.5 Å². The van der Waals surface area contributed by atoms with E-state index >= 15 is 0 Å². The Morgan fingerprint density at radius 3 is 2.75 bits per heavy atom. The first-order chi connectivity index (χ1) is 9.65. The normalized spacial score (nSPS) is 12.4. The van der Waals surface area contributed by atoms with Crippen LogP contribution in [-0.2, 0) is 6.42 Å². The van der Waals surface area contributed by atoms with E-state index in [0.717, 1.165) is 23.2 Å². The molecule has 0 fully saturated rings. The molecule has 0 radical (unpaired) electrons. The van der Waals surface area contributed by atoms with Crippen molar-refractivity contribution in [3.8, 4) is 5.75 Å². The number of likely N-dealkylation sites (N-methyl/N-ethyl adjacent to an activating group) is 1. The zero-order chi connectivity index (χ0) is 14.5. The van der Waals surface area contributed by atoms with Crippen LogP contribution < -0.4 is 10.1 Å². The van der Waals surface area contributed by atoms with Gasteiger partial charge >= 0.3 is 0 Å². The lowest BCUT2D eigenvalue weighted by Gasteiger charge is -2.20. The Bertz CT molecular complexity index is 567. The van der Waals surface area contributed by atoms with E-state index in [1.54, 1.807) is 18.4 Å². The van der Waals surface area contributed by atoms with Gasteiger partial charge in [-0.25, -0.2) is 0 Å². The summed E-state index contributed by atoms with van der Waals surface area (Å²) in [6.45, 7) is 5.28. The molecule has 0 saturated heterocycles. The fourth-order valence-electron chi connectivity index (χ4n) is 2.39. The molecule has 1 aromatic carbocycles. The third-order valence-corrected chi connectivity index (χ3v) is 4.76. The molecule has 0 saturated carbocycles. The van der Waals surface area contributed by atoms with Crippen LogP contribution in [-0.4, -0.2) is 13.7 Å². The molecule has 1 atom stereocenters. The van der Waals surface area contributed by atoms with Crippen LogP contribution in [0, 0.1) is 6.92 Å². The predicted octanol–water partition coefficient (Wildman–Crippen LogP) is 4.72. The average Bonchev–Trinajstić information content (AvgIpc) is 2.85. The molecule has 2 nitrogen and oxygen atoms in total. The Hall–Kier alpha value is -0.840. The zero-order valence-corrected chi connectivity index (χ0v) is 14.5. The third kappa shape index (κ3) is 3.62. The monoisotopic (exact) mass is 353 g/mol. The van der Waals surface area contributed by atoms with E-state index < -0.39 is 0 Å². The second-order valence-electron chi connectivity index (χ2n) is 4.78. The van der Waals surface area contributed by atoms with Gasteiger partial charge in [-0.05, 0) is 65.5 Å². The van der Waals surface area contributed by atoms with Crippen LogP contribution in [0.5, 0.6) is 5.75 Å². The molecule has 1 aromatic heterocycles. The fraction of sp³-hybridized carbons (Fsp3) is 0.375. The lowest BCUT2D eigenvalue weighted by molar-refractivity contribution is 0.405. The van der Waals surface area contributed by atoms with Crippen molar-refractivity contribution < 1.29 is 4.74 Å². The Morgan fingerprint density at radius 2 is 2.15 bits per heavy atom. The number of nitrogens with one attached hydrogen (secondary N) is 1. The Morgan fingerprint density at radius 1 is 1.35 bits per heavy atom. The van der Waals surface area contributed by atoms with E-state index in [1.165, 1.54) is 16.7 Å². The minimum atomic E-state index is 0.328. The van der Waals surface area contributed by atoms with Crippen LogP contribution in [0.25, 0.3) is 0 Å². The van der Waals surface area contributed by atoms with Gasteiger partial charge in [0.05, 0.1) is 7.11 Å². The topological polar surface area (TPSA) is 21.3 Å². The maximum atomic E-state index is 5.48. The number of hydrogen-bond acceptors (Lipinski definition) is 3. The lowest BCUT2D eigenvalue weighted by Crippen LogP contribution is -2.23. The summed E-state index contributed by atoms with van der Waals surface area (Å²) in [7, 11) is 1.73. The summed E-state index contributed by atoms with van der Waals surface area (Å²) in [6.07, 6.45) is 0.925. The van der Waals surface area contributed by atoms with Crippen LogP contribution in [0.4, 0.5) is 0 Å². The number of aryl methyl sites for hydroxylation is 1. The molecular formula is C16H20BrNOS. The molecule has 0 aliphatic carbocycles. The SMILES string of the molecule is CCNC(Cc1cc(Br)ccc1OC)c1cscc1C. The van der Waals surface area contributed by atoms with Gasteiger partial charge < -0.3 is 10.1 Å². The van der Waals surface area contributed by atoms with Gasteiger partial charge in [0.2, 0.25) is 0 Å². The molecule has 108 valence electrons. The molecule has 2 rings (SSSR count). The highest BCUT2D eigenvalue weighted by Crippen LogP contribution is 2.30. The number of ether oxygens (including phenoxy) is 1. The minimum absolute atomic E-state index is 0.328. The number of hydrogen-bond donors (Lipinski definition) is 1. The predicted molar refractivity (Wildman–Crippen MR) is 89.9 cm³/mol. The van der Waals surface area contributed by atoms with Gasteiger partial charge in [0.15, 0.2) is 0 Å². The van der Waals surface area contributed by atoms with Crippen LogP contribution >= 0.6 is 27.3 Å². The van der Waals surface area contributed by atoms with Gasteiger partial charge in [0.25, 0.3) is 0 Å². The van der Waals surface area contributed by atoms with Crippen LogP contribution in [0.2, 0.25) is 0 Å². The maximum Gasteiger partial charge on any atom is 0.122 e. The molecule has 20 heavy (non-hydrogen) atoms. The van der Waals surface area contributed by atoms with E-state index in [4.69, 9.17) is 4.74 Å². The third-order valence-electron chi connectivity index (χ3n) is 3.39. The van der Waals surface area contributed by atoms with Crippen molar-refractivity contribution in [2.45, 2.75) is 26.3 Å². The summed E-state index contributed by atoms with van der Waals surface area (Å²) in [6, 6.07) is 6.50. The number of benzene rings is 1. The Kier molecular flexibility index (Phi) is 5.64. The number of rotatable bonds is 6. The largest absolute Gasteiger partial charge is 0.496 e. The summed E-state index contributed by atoms with van der Waals surface area (Å²) in [4.78, 5) is 0. The first-order valence-corrected chi connectivity index (χ1v) is 8.47. The molecule has 2 aromatic rings. The maximum absolute atomic E-state index is 5.48. The standard InChI is InChI=1S/C16H20BrNOS/c1-4-18-15(14-10-20-9-11(14)2)8-12-7-13(17)5-6-16(12)19-3/h5-7,9-10,15,18H,4,8H2,1-3H3. The van der Waals surface area contributed by atoms with Crippen LogP contribution in [0.15, 0.2) is 33.4 Å². The van der Waals surface area contributed by atoms with Crippen LogP contribution in [0.1, 0.15) is 29.7 Å². The number of methoxy groups -OCH3 is 1. The molecular weight excluding hydrogens is 334 g/mol. The lowest BCUT2D eigenvalue weighted by atomic mass is 9.98. The minimum Gasteiger partial charge on any atom is -0.496 e. The second kappa shape index (κ2) is 7.25. The quantitative estimate of drug-likeness (QED) is 0.810. The highest BCUT2D eigenvalue weighted by atomic mass is 79.9. The summed E-state index contributed by atoms with van der Waals surface area (Å²) < 4.78 is 6.57. The zero-order valence-electron chi connectivity index (χ0n) is 12.1. The molecule has 0 spiro atoms. The first kappa shape index (κ1) is 15.5. The van der Waals surface area contributed by atoms with E-state index in [-0.39, 0.29) is 0 Å². The molecule has 0 amide bonds. The second-order valence-corrected chi connectivity index (χ2v) is 6.44. The van der Waals surface area contributed by atoms with E-state index in [9.17, 15) is 0 Å². The van der Waals surface area contributed by atoms with Crippen LogP contribution in [0.3, 0.4) is 0 Å². The van der Waals surface area contributed by atoms with Gasteiger partial charge in [-0.1, -0.05) is 22.9 Å². The average molecular weight is 354 g/mol. The Labute approximate surface area is 133 Å². The molecule has 0 aliphatic heterocycles. The highest BCUT2D eigenvalue weighted by Gasteiger charge is 2.16. The molecule has 1 unspecified atom stereocenters. The van der Waals surface area contributed by atoms with Gasteiger partial charge in [0.1, 0.15) is 5.75 Å². The summed E-state index contributed by atoms with van der Waals surface area (Å²) in [5, 5.41) is 8.03. The summed E-state index contributed by atoms with van der Waals surface area (Å²) >= 11 is 5.31. The smallest absolute Gasteiger partial charge is 0.122 e. The van der Waals surface area contributed by atoms with Gasteiger partial charge in [-0.15, -0.1) is 0 Å². The number of halogens is 1. The van der Waals surface area contributed by atoms with Crippen molar-refractivity contribution in [1.82, 2.24) is 5.32 Å². The molecule has 1 N–H and O–H groups in total. The van der Waals surface area contributed by atoms with Crippen molar-refractivity contribution in [2.75, 3.05) is 13.7 Å². The van der Waals surface area contributed by atoms with Crippen molar-refractivity contribution in [3.63, 3.8) is 0 Å². The van der Waals surface area contributed by atoms with Crippen molar-refractivity contribution >= 4 is 27.3 Å². The summed E-state index contributed by atoms with van der Waals surface area (Å²) in [5.74, 6) is 0.948. The summed E-state index contributed by atoms with van der Waals surface area (Å²) in [5.41, 5.74) is 3.97. The van der Waals surface area contributed by atoms with E-state index in [0.29, 0.717) is 6.04 Å². The van der Waals surface area contributed by atoms with Gasteiger partial charge in [-0.3, -0.25) is 0 Å². The molecule has 1 heterocycles.